The van der Waals surface area contributed by atoms with E-state index in [4.69, 9.17) is 0 Å². The van der Waals surface area contributed by atoms with Gasteiger partial charge in [0.1, 0.15) is 0 Å². The van der Waals surface area contributed by atoms with Gasteiger partial charge in [-0.05, 0) is 13.8 Å². The number of nitrogens with zero attached hydrogens (tertiary/aromatic N) is 4. The zero-order chi connectivity index (χ0) is 11.8. The van der Waals surface area contributed by atoms with Gasteiger partial charge in [-0.3, -0.25) is 0 Å². The van der Waals surface area contributed by atoms with Gasteiger partial charge in [0.25, 0.3) is 5.78 Å². The Kier molecular flexibility index (Phi) is 2.14. The number of aryl methyl sites for hydroxylation is 2. The van der Waals surface area contributed by atoms with E-state index in [1.165, 1.54) is 0 Å². The van der Waals surface area contributed by atoms with Crippen molar-refractivity contribution in [3.63, 3.8) is 0 Å². The molecular formula is C13H12N4. The lowest BCUT2D eigenvalue weighted by Crippen LogP contribution is -2.02. The summed E-state index contributed by atoms with van der Waals surface area (Å²) in [4.78, 5) is 8.70. The minimum atomic E-state index is 0.645. The molecule has 1 aromatic carbocycles. The second kappa shape index (κ2) is 3.66. The SMILES string of the molecule is Cc1nc2ncc(-c3ccccc3)n2nc1C. The maximum absolute atomic E-state index is 4.50. The average Bonchev–Trinajstić information content (AvgIpc) is 2.74. The highest BCUT2D eigenvalue weighted by Crippen LogP contribution is 2.19. The van der Waals surface area contributed by atoms with Crippen molar-refractivity contribution in [2.24, 2.45) is 0 Å². The van der Waals surface area contributed by atoms with E-state index >= 15 is 0 Å². The topological polar surface area (TPSA) is 43.1 Å². The number of hydrogen-bond donors (Lipinski definition) is 0. The van der Waals surface area contributed by atoms with E-state index in [1.807, 2.05) is 50.4 Å². The fourth-order valence-corrected chi connectivity index (χ4v) is 1.77. The van der Waals surface area contributed by atoms with Crippen molar-refractivity contribution in [2.75, 3.05) is 0 Å². The molecule has 0 atom stereocenters. The van der Waals surface area contributed by atoms with Gasteiger partial charge in [0, 0.05) is 5.56 Å². The summed E-state index contributed by atoms with van der Waals surface area (Å²) >= 11 is 0. The smallest absolute Gasteiger partial charge is 0.217 e. The zero-order valence-electron chi connectivity index (χ0n) is 9.75. The summed E-state index contributed by atoms with van der Waals surface area (Å²) in [5, 5.41) is 4.50. The highest BCUT2D eigenvalue weighted by atomic mass is 15.3. The standard InChI is InChI=1S/C13H12N4/c1-9-10(2)16-17-12(8-14-13(17)15-9)11-6-4-3-5-7-11/h3-8H,1-2H3. The highest BCUT2D eigenvalue weighted by molar-refractivity contribution is 5.61. The Morgan fingerprint density at radius 1 is 1.00 bits per heavy atom. The molecule has 0 fully saturated rings. The predicted molar refractivity (Wildman–Crippen MR) is 65.7 cm³/mol. The van der Waals surface area contributed by atoms with Crippen molar-refractivity contribution < 1.29 is 0 Å². The molecule has 4 nitrogen and oxygen atoms in total. The van der Waals surface area contributed by atoms with Gasteiger partial charge >= 0.3 is 0 Å². The van der Waals surface area contributed by atoms with E-state index in [-0.39, 0.29) is 0 Å². The van der Waals surface area contributed by atoms with Crippen LogP contribution in [0.4, 0.5) is 0 Å². The van der Waals surface area contributed by atoms with E-state index in [0.29, 0.717) is 5.78 Å². The van der Waals surface area contributed by atoms with Crippen LogP contribution >= 0.6 is 0 Å². The number of benzene rings is 1. The minimum absolute atomic E-state index is 0.645. The molecule has 0 saturated carbocycles. The number of fused-ring (bicyclic) bond motifs is 1. The van der Waals surface area contributed by atoms with Gasteiger partial charge in [-0.2, -0.15) is 9.61 Å². The van der Waals surface area contributed by atoms with E-state index < -0.39 is 0 Å². The molecular weight excluding hydrogens is 212 g/mol. The van der Waals surface area contributed by atoms with Crippen LogP contribution in [0.3, 0.4) is 0 Å². The van der Waals surface area contributed by atoms with E-state index in [9.17, 15) is 0 Å². The summed E-state index contributed by atoms with van der Waals surface area (Å²) in [5.41, 5.74) is 3.91. The van der Waals surface area contributed by atoms with Crippen molar-refractivity contribution in [1.82, 2.24) is 19.6 Å². The molecule has 3 rings (SSSR count). The van der Waals surface area contributed by atoms with E-state index in [1.54, 1.807) is 4.52 Å². The van der Waals surface area contributed by atoms with Crippen LogP contribution in [0.15, 0.2) is 36.5 Å². The quantitative estimate of drug-likeness (QED) is 0.637. The molecule has 84 valence electrons. The molecule has 0 aliphatic carbocycles. The van der Waals surface area contributed by atoms with Crippen molar-refractivity contribution in [3.05, 3.63) is 47.9 Å². The Hall–Kier alpha value is -2.23. The highest BCUT2D eigenvalue weighted by Gasteiger charge is 2.09. The Morgan fingerprint density at radius 3 is 2.53 bits per heavy atom. The summed E-state index contributed by atoms with van der Waals surface area (Å²) in [6.07, 6.45) is 1.81. The lowest BCUT2D eigenvalue weighted by molar-refractivity contribution is 0.854. The van der Waals surface area contributed by atoms with Crippen LogP contribution in [0.5, 0.6) is 0 Å². The normalized spacial score (nSPS) is 10.9. The number of rotatable bonds is 1. The molecule has 3 aromatic rings. The second-order valence-electron chi connectivity index (χ2n) is 4.00. The lowest BCUT2D eigenvalue weighted by Gasteiger charge is -2.02. The zero-order valence-corrected chi connectivity index (χ0v) is 9.75. The van der Waals surface area contributed by atoms with Crippen LogP contribution in [0, 0.1) is 13.8 Å². The number of imidazole rings is 1. The van der Waals surface area contributed by atoms with Gasteiger partial charge in [-0.1, -0.05) is 30.3 Å². The molecule has 17 heavy (non-hydrogen) atoms. The van der Waals surface area contributed by atoms with Gasteiger partial charge in [0.15, 0.2) is 0 Å². The van der Waals surface area contributed by atoms with Crippen LogP contribution in [0.1, 0.15) is 11.4 Å². The summed E-state index contributed by atoms with van der Waals surface area (Å²) in [7, 11) is 0. The van der Waals surface area contributed by atoms with E-state index in [2.05, 4.69) is 15.1 Å². The first-order chi connectivity index (χ1) is 8.25. The molecule has 0 spiro atoms. The Labute approximate surface area is 99.0 Å². The van der Waals surface area contributed by atoms with E-state index in [0.717, 1.165) is 22.6 Å². The van der Waals surface area contributed by atoms with Gasteiger partial charge in [0.2, 0.25) is 0 Å². The van der Waals surface area contributed by atoms with Crippen molar-refractivity contribution in [1.29, 1.82) is 0 Å². The van der Waals surface area contributed by atoms with Crippen LogP contribution in [-0.2, 0) is 0 Å². The Bertz CT molecular complexity index is 670. The second-order valence-corrected chi connectivity index (χ2v) is 4.00. The summed E-state index contributed by atoms with van der Waals surface area (Å²) < 4.78 is 1.79. The molecule has 0 saturated heterocycles. The average molecular weight is 224 g/mol. The third-order valence-electron chi connectivity index (χ3n) is 2.83. The first-order valence-electron chi connectivity index (χ1n) is 5.50. The molecule has 0 aliphatic rings. The maximum Gasteiger partial charge on any atom is 0.251 e. The molecule has 4 heteroatoms. The first kappa shape index (κ1) is 9.96. The summed E-state index contributed by atoms with van der Waals surface area (Å²) in [6, 6.07) is 10.1. The minimum Gasteiger partial charge on any atom is -0.217 e. The van der Waals surface area contributed by atoms with Gasteiger partial charge < -0.3 is 0 Å². The van der Waals surface area contributed by atoms with Gasteiger partial charge in [-0.15, -0.1) is 0 Å². The summed E-state index contributed by atoms with van der Waals surface area (Å²) in [6.45, 7) is 3.90. The molecule has 0 radical (unpaired) electrons. The third kappa shape index (κ3) is 1.58. The molecule has 0 N–H and O–H groups in total. The van der Waals surface area contributed by atoms with Crippen LogP contribution in [0.25, 0.3) is 17.0 Å². The monoisotopic (exact) mass is 224 g/mol. The fourth-order valence-electron chi connectivity index (χ4n) is 1.77. The van der Waals surface area contributed by atoms with Crippen molar-refractivity contribution in [2.45, 2.75) is 13.8 Å². The Morgan fingerprint density at radius 2 is 1.76 bits per heavy atom. The summed E-state index contributed by atoms with van der Waals surface area (Å²) in [5.74, 6) is 0.645. The largest absolute Gasteiger partial charge is 0.251 e. The van der Waals surface area contributed by atoms with Crippen LogP contribution in [-0.4, -0.2) is 19.6 Å². The molecule has 0 bridgehead atoms. The molecule has 2 aromatic heterocycles. The number of hydrogen-bond acceptors (Lipinski definition) is 3. The van der Waals surface area contributed by atoms with Crippen LogP contribution < -0.4 is 0 Å². The third-order valence-corrected chi connectivity index (χ3v) is 2.83. The molecule has 0 aliphatic heterocycles. The van der Waals surface area contributed by atoms with Gasteiger partial charge in [0.05, 0.1) is 23.3 Å². The molecule has 0 amide bonds. The van der Waals surface area contributed by atoms with Crippen molar-refractivity contribution >= 4 is 5.78 Å². The van der Waals surface area contributed by atoms with Crippen molar-refractivity contribution in [3.8, 4) is 11.3 Å². The lowest BCUT2D eigenvalue weighted by atomic mass is 10.2. The molecule has 0 unspecified atom stereocenters. The maximum atomic E-state index is 4.50. The first-order valence-corrected chi connectivity index (χ1v) is 5.50. The van der Waals surface area contributed by atoms with Gasteiger partial charge in [-0.25, -0.2) is 9.97 Å². The Balaban J connectivity index is 2.29. The van der Waals surface area contributed by atoms with Crippen LogP contribution in [0.2, 0.25) is 0 Å². The predicted octanol–water partition coefficient (Wildman–Crippen LogP) is 2.41. The number of aromatic nitrogens is 4. The fraction of sp³-hybridized carbons (Fsp3) is 0.154. The molecule has 2 heterocycles.